The van der Waals surface area contributed by atoms with Crippen LogP contribution in [0.3, 0.4) is 0 Å². The fourth-order valence-corrected chi connectivity index (χ4v) is 3.83. The summed E-state index contributed by atoms with van der Waals surface area (Å²) in [5.74, 6) is 0.363. The zero-order valence-electron chi connectivity index (χ0n) is 13.3. The Balaban J connectivity index is 1.69. The molecule has 0 aliphatic carbocycles. The molecule has 2 aromatic heterocycles. The number of H-pyrrole nitrogens is 1. The van der Waals surface area contributed by atoms with E-state index >= 15 is 0 Å². The first-order valence-electron chi connectivity index (χ1n) is 7.73. The first-order valence-corrected chi connectivity index (χ1v) is 8.72. The lowest BCUT2D eigenvalue weighted by Crippen LogP contribution is -2.42. The summed E-state index contributed by atoms with van der Waals surface area (Å²) in [5.41, 5.74) is 1.67. The minimum absolute atomic E-state index is 0.0819. The Morgan fingerprint density at radius 2 is 2.30 bits per heavy atom. The standard InChI is InChI=1S/C16H20N4O2S/c1-3-12-13-5-4-6-19(13)7-8-20(12)15(22)10-23-16-17-11(2)9-14(21)18-16/h4-6,9,12H,3,7-8,10H2,1-2H3,(H,17,18,21). The minimum atomic E-state index is -0.185. The molecule has 7 heteroatoms. The highest BCUT2D eigenvalue weighted by Gasteiger charge is 2.29. The van der Waals surface area contributed by atoms with E-state index in [1.165, 1.54) is 23.5 Å². The third kappa shape index (κ3) is 3.34. The van der Waals surface area contributed by atoms with Gasteiger partial charge in [0.15, 0.2) is 5.16 Å². The average Bonchev–Trinajstić information content (AvgIpc) is 2.99. The second-order valence-corrected chi connectivity index (χ2v) is 6.58. The molecule has 3 heterocycles. The maximum absolute atomic E-state index is 12.6. The number of hydrogen-bond donors (Lipinski definition) is 1. The largest absolute Gasteiger partial charge is 0.348 e. The number of nitrogens with one attached hydrogen (secondary N) is 1. The van der Waals surface area contributed by atoms with Gasteiger partial charge >= 0.3 is 0 Å². The van der Waals surface area contributed by atoms with Crippen LogP contribution in [0.1, 0.15) is 30.8 Å². The second kappa shape index (κ2) is 6.62. The Morgan fingerprint density at radius 3 is 3.04 bits per heavy atom. The molecule has 122 valence electrons. The molecule has 0 fully saturated rings. The summed E-state index contributed by atoms with van der Waals surface area (Å²) in [6.45, 7) is 5.42. The summed E-state index contributed by atoms with van der Waals surface area (Å²) in [7, 11) is 0. The smallest absolute Gasteiger partial charge is 0.251 e. The van der Waals surface area contributed by atoms with Gasteiger partial charge in [-0.1, -0.05) is 18.7 Å². The molecule has 1 amide bonds. The maximum atomic E-state index is 12.6. The predicted molar refractivity (Wildman–Crippen MR) is 89.5 cm³/mol. The number of aryl methyl sites for hydroxylation is 1. The number of aromatic nitrogens is 3. The predicted octanol–water partition coefficient (Wildman–Crippen LogP) is 1.97. The Kier molecular flexibility index (Phi) is 4.56. The number of hydrogen-bond acceptors (Lipinski definition) is 4. The van der Waals surface area contributed by atoms with E-state index in [-0.39, 0.29) is 23.3 Å². The van der Waals surface area contributed by atoms with Crippen molar-refractivity contribution in [2.24, 2.45) is 0 Å². The van der Waals surface area contributed by atoms with Gasteiger partial charge < -0.3 is 14.5 Å². The number of carbonyl (C=O) groups is 1. The Hall–Kier alpha value is -2.02. The third-order valence-electron chi connectivity index (χ3n) is 4.05. The molecule has 1 aliphatic heterocycles. The fourth-order valence-electron chi connectivity index (χ4n) is 3.03. The van der Waals surface area contributed by atoms with Crippen LogP contribution in [0.4, 0.5) is 0 Å². The van der Waals surface area contributed by atoms with Crippen LogP contribution in [0.5, 0.6) is 0 Å². The van der Waals surface area contributed by atoms with Crippen LogP contribution in [-0.4, -0.2) is 37.6 Å². The zero-order chi connectivity index (χ0) is 16.4. The van der Waals surface area contributed by atoms with E-state index < -0.39 is 0 Å². The van der Waals surface area contributed by atoms with Gasteiger partial charge in [-0.2, -0.15) is 0 Å². The SMILES string of the molecule is CCC1c2cccn2CCN1C(=O)CSc1nc(C)cc(=O)[nH]1. The molecule has 1 N–H and O–H groups in total. The van der Waals surface area contributed by atoms with Crippen molar-refractivity contribution in [3.63, 3.8) is 0 Å². The van der Waals surface area contributed by atoms with Gasteiger partial charge in [0.25, 0.3) is 5.56 Å². The quantitative estimate of drug-likeness (QED) is 0.686. The van der Waals surface area contributed by atoms with Crippen molar-refractivity contribution in [1.82, 2.24) is 19.4 Å². The first-order chi connectivity index (χ1) is 11.1. The number of fused-ring (bicyclic) bond motifs is 1. The van der Waals surface area contributed by atoms with Crippen molar-refractivity contribution in [2.45, 2.75) is 38.0 Å². The number of thioether (sulfide) groups is 1. The number of nitrogens with zero attached hydrogens (tertiary/aromatic N) is 3. The van der Waals surface area contributed by atoms with Crippen molar-refractivity contribution in [2.75, 3.05) is 12.3 Å². The Morgan fingerprint density at radius 1 is 1.48 bits per heavy atom. The van der Waals surface area contributed by atoms with Crippen molar-refractivity contribution in [1.29, 1.82) is 0 Å². The maximum Gasteiger partial charge on any atom is 0.251 e. The Labute approximate surface area is 138 Å². The first kappa shape index (κ1) is 15.9. The van der Waals surface area contributed by atoms with Crippen LogP contribution in [0.15, 0.2) is 34.3 Å². The molecule has 6 nitrogen and oxygen atoms in total. The lowest BCUT2D eigenvalue weighted by Gasteiger charge is -2.36. The molecule has 0 bridgehead atoms. The van der Waals surface area contributed by atoms with Crippen LogP contribution < -0.4 is 5.56 Å². The molecule has 3 rings (SSSR count). The topological polar surface area (TPSA) is 71.0 Å². The van der Waals surface area contributed by atoms with E-state index in [0.717, 1.165) is 19.5 Å². The van der Waals surface area contributed by atoms with Gasteiger partial charge in [0.05, 0.1) is 11.8 Å². The van der Waals surface area contributed by atoms with Gasteiger partial charge in [0.1, 0.15) is 0 Å². The normalized spacial score (nSPS) is 17.1. The molecule has 23 heavy (non-hydrogen) atoms. The summed E-state index contributed by atoms with van der Waals surface area (Å²) in [4.78, 5) is 32.9. The van der Waals surface area contributed by atoms with Crippen molar-refractivity contribution >= 4 is 17.7 Å². The lowest BCUT2D eigenvalue weighted by atomic mass is 10.1. The highest BCUT2D eigenvalue weighted by molar-refractivity contribution is 7.99. The van der Waals surface area contributed by atoms with E-state index in [2.05, 4.69) is 33.7 Å². The van der Waals surface area contributed by atoms with Gasteiger partial charge in [0, 0.05) is 36.7 Å². The molecule has 1 atom stereocenters. The van der Waals surface area contributed by atoms with Crippen LogP contribution >= 0.6 is 11.8 Å². The van der Waals surface area contributed by atoms with Crippen molar-refractivity contribution in [3.05, 3.63) is 46.1 Å². The number of amides is 1. The second-order valence-electron chi connectivity index (χ2n) is 5.62. The molecule has 1 aliphatic rings. The molecule has 1 unspecified atom stereocenters. The van der Waals surface area contributed by atoms with Gasteiger partial charge in [-0.15, -0.1) is 0 Å². The van der Waals surface area contributed by atoms with Crippen LogP contribution in [0.2, 0.25) is 0 Å². The zero-order valence-corrected chi connectivity index (χ0v) is 14.1. The minimum Gasteiger partial charge on any atom is -0.348 e. The third-order valence-corrected chi connectivity index (χ3v) is 4.91. The molecule has 0 saturated carbocycles. The highest BCUT2D eigenvalue weighted by atomic mass is 32.2. The van der Waals surface area contributed by atoms with Gasteiger partial charge in [-0.3, -0.25) is 9.59 Å². The van der Waals surface area contributed by atoms with Crippen molar-refractivity contribution < 1.29 is 4.79 Å². The fraction of sp³-hybridized carbons (Fsp3) is 0.438. The Bertz CT molecular complexity index is 767. The van der Waals surface area contributed by atoms with E-state index in [4.69, 9.17) is 0 Å². The van der Waals surface area contributed by atoms with E-state index in [9.17, 15) is 9.59 Å². The number of aromatic amines is 1. The molecule has 0 saturated heterocycles. The highest BCUT2D eigenvalue weighted by Crippen LogP contribution is 2.29. The molecular formula is C16H20N4O2S. The van der Waals surface area contributed by atoms with Gasteiger partial charge in [0.2, 0.25) is 5.91 Å². The van der Waals surface area contributed by atoms with E-state index in [1.807, 2.05) is 11.0 Å². The van der Waals surface area contributed by atoms with Gasteiger partial charge in [-0.05, 0) is 25.5 Å². The van der Waals surface area contributed by atoms with Crippen LogP contribution in [0, 0.1) is 6.92 Å². The molecule has 2 aromatic rings. The van der Waals surface area contributed by atoms with E-state index in [0.29, 0.717) is 10.9 Å². The lowest BCUT2D eigenvalue weighted by molar-refractivity contribution is -0.132. The van der Waals surface area contributed by atoms with Crippen molar-refractivity contribution in [3.8, 4) is 0 Å². The molecule has 0 radical (unpaired) electrons. The summed E-state index contributed by atoms with van der Waals surface area (Å²) >= 11 is 1.28. The average molecular weight is 332 g/mol. The van der Waals surface area contributed by atoms with Gasteiger partial charge in [-0.25, -0.2) is 4.98 Å². The monoisotopic (exact) mass is 332 g/mol. The molecule has 0 aromatic carbocycles. The van der Waals surface area contributed by atoms with Crippen LogP contribution in [-0.2, 0) is 11.3 Å². The van der Waals surface area contributed by atoms with Crippen LogP contribution in [0.25, 0.3) is 0 Å². The summed E-state index contributed by atoms with van der Waals surface area (Å²) in [5, 5.41) is 0.497. The van der Waals surface area contributed by atoms with E-state index in [1.54, 1.807) is 6.92 Å². The number of carbonyl (C=O) groups excluding carboxylic acids is 1. The summed E-state index contributed by atoms with van der Waals surface area (Å²) in [6, 6.07) is 5.68. The summed E-state index contributed by atoms with van der Waals surface area (Å²) in [6.07, 6.45) is 2.95. The number of rotatable bonds is 4. The summed E-state index contributed by atoms with van der Waals surface area (Å²) < 4.78 is 2.21. The molecular weight excluding hydrogens is 312 g/mol. The molecule has 0 spiro atoms.